The van der Waals surface area contributed by atoms with Crippen molar-refractivity contribution < 1.29 is 9.53 Å². The smallest absolute Gasteiger partial charge is 0.321 e. The predicted molar refractivity (Wildman–Crippen MR) is 90.7 cm³/mol. The van der Waals surface area contributed by atoms with Gasteiger partial charge in [-0.15, -0.1) is 0 Å². The van der Waals surface area contributed by atoms with Crippen LogP contribution in [0.5, 0.6) is 0 Å². The Bertz CT molecular complexity index is 653. The van der Waals surface area contributed by atoms with E-state index in [1.165, 1.54) is 11.3 Å². The van der Waals surface area contributed by atoms with Gasteiger partial charge in [0.1, 0.15) is 0 Å². The SMILES string of the molecule is Cc1nc(NC(=O)NCC2CCCCO2)sc1-c1ccncc1. The molecule has 3 rings (SSSR count). The van der Waals surface area contributed by atoms with Crippen molar-refractivity contribution in [3.05, 3.63) is 30.2 Å². The van der Waals surface area contributed by atoms with E-state index in [0.717, 1.165) is 42.0 Å². The standard InChI is InChI=1S/C16H20N4O2S/c1-11-14(12-5-7-17-8-6-12)23-16(19-11)20-15(21)18-10-13-4-2-3-9-22-13/h5-8,13H,2-4,9-10H2,1H3,(H2,18,19,20,21). The molecule has 6 nitrogen and oxygen atoms in total. The highest BCUT2D eigenvalue weighted by atomic mass is 32.1. The summed E-state index contributed by atoms with van der Waals surface area (Å²) >= 11 is 1.46. The number of ether oxygens (including phenoxy) is 1. The first-order chi connectivity index (χ1) is 11.2. The average Bonchev–Trinajstić information content (AvgIpc) is 2.95. The second-order valence-corrected chi connectivity index (χ2v) is 6.49. The molecular formula is C16H20N4O2S. The molecule has 2 aromatic rings. The van der Waals surface area contributed by atoms with Crippen LogP contribution in [0.4, 0.5) is 9.93 Å². The van der Waals surface area contributed by atoms with E-state index in [1.807, 2.05) is 19.1 Å². The van der Waals surface area contributed by atoms with Crippen molar-refractivity contribution in [1.82, 2.24) is 15.3 Å². The molecular weight excluding hydrogens is 312 g/mol. The Balaban J connectivity index is 1.56. The molecule has 7 heteroatoms. The van der Waals surface area contributed by atoms with Crippen LogP contribution >= 0.6 is 11.3 Å². The van der Waals surface area contributed by atoms with Gasteiger partial charge in [0, 0.05) is 25.5 Å². The molecule has 122 valence electrons. The zero-order valence-corrected chi connectivity index (χ0v) is 13.9. The van der Waals surface area contributed by atoms with Crippen LogP contribution in [0.3, 0.4) is 0 Å². The van der Waals surface area contributed by atoms with Gasteiger partial charge in [-0.05, 0) is 43.9 Å². The maximum Gasteiger partial charge on any atom is 0.321 e. The summed E-state index contributed by atoms with van der Waals surface area (Å²) in [6, 6.07) is 3.63. The molecule has 0 aliphatic carbocycles. The normalized spacial score (nSPS) is 17.7. The van der Waals surface area contributed by atoms with E-state index >= 15 is 0 Å². The van der Waals surface area contributed by atoms with E-state index in [9.17, 15) is 4.79 Å². The van der Waals surface area contributed by atoms with Crippen LogP contribution in [0, 0.1) is 6.92 Å². The monoisotopic (exact) mass is 332 g/mol. The summed E-state index contributed by atoms with van der Waals surface area (Å²) < 4.78 is 5.60. The Hall–Kier alpha value is -1.99. The predicted octanol–water partition coefficient (Wildman–Crippen LogP) is 3.20. The van der Waals surface area contributed by atoms with Gasteiger partial charge in [-0.3, -0.25) is 10.3 Å². The van der Waals surface area contributed by atoms with Crippen LogP contribution in [0.25, 0.3) is 10.4 Å². The van der Waals surface area contributed by atoms with Crippen LogP contribution in [0.15, 0.2) is 24.5 Å². The molecule has 0 bridgehead atoms. The molecule has 2 amide bonds. The minimum Gasteiger partial charge on any atom is -0.376 e. The summed E-state index contributed by atoms with van der Waals surface area (Å²) in [7, 11) is 0. The quantitative estimate of drug-likeness (QED) is 0.901. The van der Waals surface area contributed by atoms with E-state index in [2.05, 4.69) is 20.6 Å². The fraction of sp³-hybridized carbons (Fsp3) is 0.438. The third kappa shape index (κ3) is 4.27. The van der Waals surface area contributed by atoms with Gasteiger partial charge in [0.2, 0.25) is 0 Å². The summed E-state index contributed by atoms with van der Waals surface area (Å²) in [6.07, 6.45) is 6.90. The number of anilines is 1. The molecule has 1 aliphatic heterocycles. The van der Waals surface area contributed by atoms with E-state index in [-0.39, 0.29) is 12.1 Å². The minimum absolute atomic E-state index is 0.125. The molecule has 1 saturated heterocycles. The van der Waals surface area contributed by atoms with Crippen molar-refractivity contribution in [2.45, 2.75) is 32.3 Å². The third-order valence-corrected chi connectivity index (χ3v) is 4.85. The molecule has 0 spiro atoms. The summed E-state index contributed by atoms with van der Waals surface area (Å²) in [5.74, 6) is 0. The lowest BCUT2D eigenvalue weighted by atomic mass is 10.1. The number of urea groups is 1. The van der Waals surface area contributed by atoms with Gasteiger partial charge >= 0.3 is 6.03 Å². The molecule has 1 fully saturated rings. The van der Waals surface area contributed by atoms with Crippen molar-refractivity contribution in [1.29, 1.82) is 0 Å². The fourth-order valence-corrected chi connectivity index (χ4v) is 3.50. The number of hydrogen-bond donors (Lipinski definition) is 2. The second-order valence-electron chi connectivity index (χ2n) is 5.49. The van der Waals surface area contributed by atoms with Crippen molar-refractivity contribution in [2.24, 2.45) is 0 Å². The van der Waals surface area contributed by atoms with Gasteiger partial charge in [0.25, 0.3) is 0 Å². The van der Waals surface area contributed by atoms with Crippen molar-refractivity contribution in [3.8, 4) is 10.4 Å². The summed E-state index contributed by atoms with van der Waals surface area (Å²) in [5, 5.41) is 6.24. The van der Waals surface area contributed by atoms with Crippen LogP contribution in [-0.4, -0.2) is 35.3 Å². The van der Waals surface area contributed by atoms with Gasteiger partial charge in [-0.25, -0.2) is 9.78 Å². The van der Waals surface area contributed by atoms with E-state index < -0.39 is 0 Å². The highest BCUT2D eigenvalue weighted by Crippen LogP contribution is 2.32. The van der Waals surface area contributed by atoms with Gasteiger partial charge < -0.3 is 10.1 Å². The molecule has 0 saturated carbocycles. The summed E-state index contributed by atoms with van der Waals surface area (Å²) in [4.78, 5) is 21.5. The number of nitrogens with one attached hydrogen (secondary N) is 2. The molecule has 23 heavy (non-hydrogen) atoms. The Labute approximate surface area is 139 Å². The van der Waals surface area contributed by atoms with Crippen LogP contribution in [0.2, 0.25) is 0 Å². The van der Waals surface area contributed by atoms with Gasteiger partial charge in [0.15, 0.2) is 5.13 Å². The third-order valence-electron chi connectivity index (χ3n) is 3.72. The van der Waals surface area contributed by atoms with Gasteiger partial charge in [-0.1, -0.05) is 11.3 Å². The maximum atomic E-state index is 12.0. The van der Waals surface area contributed by atoms with Crippen LogP contribution < -0.4 is 10.6 Å². The van der Waals surface area contributed by atoms with Crippen molar-refractivity contribution >= 4 is 22.5 Å². The van der Waals surface area contributed by atoms with Crippen LogP contribution in [0.1, 0.15) is 25.0 Å². The summed E-state index contributed by atoms with van der Waals surface area (Å²) in [6.45, 7) is 3.26. The Morgan fingerprint density at radius 2 is 2.22 bits per heavy atom. The second kappa shape index (κ2) is 7.52. The molecule has 1 atom stereocenters. The van der Waals surface area contributed by atoms with Crippen molar-refractivity contribution in [2.75, 3.05) is 18.5 Å². The van der Waals surface area contributed by atoms with Crippen molar-refractivity contribution in [3.63, 3.8) is 0 Å². The molecule has 2 N–H and O–H groups in total. The number of aryl methyl sites for hydroxylation is 1. The lowest BCUT2D eigenvalue weighted by Crippen LogP contribution is -2.37. The number of carbonyl (C=O) groups is 1. The molecule has 1 unspecified atom stereocenters. The first kappa shape index (κ1) is 15.9. The lowest BCUT2D eigenvalue weighted by molar-refractivity contribution is 0.0187. The Kier molecular flexibility index (Phi) is 5.19. The van der Waals surface area contributed by atoms with Gasteiger partial charge in [0.05, 0.1) is 16.7 Å². The van der Waals surface area contributed by atoms with E-state index in [4.69, 9.17) is 4.74 Å². The number of aromatic nitrogens is 2. The van der Waals surface area contributed by atoms with E-state index in [0.29, 0.717) is 11.7 Å². The fourth-order valence-electron chi connectivity index (χ4n) is 2.54. The lowest BCUT2D eigenvalue weighted by Gasteiger charge is -2.22. The number of rotatable bonds is 4. The average molecular weight is 332 g/mol. The zero-order chi connectivity index (χ0) is 16.1. The Morgan fingerprint density at radius 3 is 2.96 bits per heavy atom. The topological polar surface area (TPSA) is 76.1 Å². The van der Waals surface area contributed by atoms with Crippen LogP contribution in [-0.2, 0) is 4.74 Å². The number of thiazole rings is 1. The number of hydrogen-bond acceptors (Lipinski definition) is 5. The highest BCUT2D eigenvalue weighted by molar-refractivity contribution is 7.19. The molecule has 3 heterocycles. The molecule has 0 aromatic carbocycles. The maximum absolute atomic E-state index is 12.0. The highest BCUT2D eigenvalue weighted by Gasteiger charge is 2.16. The molecule has 1 aliphatic rings. The summed E-state index contributed by atoms with van der Waals surface area (Å²) in [5.41, 5.74) is 1.95. The zero-order valence-electron chi connectivity index (χ0n) is 13.0. The number of amides is 2. The van der Waals surface area contributed by atoms with Gasteiger partial charge in [-0.2, -0.15) is 0 Å². The number of carbonyl (C=O) groups excluding carboxylic acids is 1. The Morgan fingerprint density at radius 1 is 1.39 bits per heavy atom. The first-order valence-corrected chi connectivity index (χ1v) is 8.58. The van der Waals surface area contributed by atoms with E-state index in [1.54, 1.807) is 12.4 Å². The molecule has 0 radical (unpaired) electrons. The minimum atomic E-state index is -0.241. The number of pyridine rings is 1. The largest absolute Gasteiger partial charge is 0.376 e. The molecule has 2 aromatic heterocycles. The number of nitrogens with zero attached hydrogens (tertiary/aromatic N) is 2. The first-order valence-electron chi connectivity index (χ1n) is 7.76.